The van der Waals surface area contributed by atoms with Crippen LogP contribution in [0.1, 0.15) is 21.5 Å². The van der Waals surface area contributed by atoms with Crippen LogP contribution in [0.4, 0.5) is 0 Å². The monoisotopic (exact) mass is 304 g/mol. The molecule has 0 aliphatic carbocycles. The molecule has 0 spiro atoms. The van der Waals surface area contributed by atoms with Crippen LogP contribution in [-0.4, -0.2) is 7.11 Å². The summed E-state index contributed by atoms with van der Waals surface area (Å²) in [6, 6.07) is 16.8. The molecule has 0 aromatic heterocycles. The van der Waals surface area contributed by atoms with Gasteiger partial charge in [0, 0.05) is 4.83 Å². The number of ether oxygens (including phenoxy) is 1. The van der Waals surface area contributed by atoms with Crippen molar-refractivity contribution in [3.05, 3.63) is 65.2 Å². The lowest BCUT2D eigenvalue weighted by Gasteiger charge is -2.12. The van der Waals surface area contributed by atoms with E-state index in [2.05, 4.69) is 59.3 Å². The molecule has 2 aromatic carbocycles. The summed E-state index contributed by atoms with van der Waals surface area (Å²) in [5.74, 6) is 0.904. The summed E-state index contributed by atoms with van der Waals surface area (Å²) >= 11 is 3.76. The number of hydrogen-bond acceptors (Lipinski definition) is 1. The summed E-state index contributed by atoms with van der Waals surface area (Å²) in [5.41, 5.74) is 3.90. The minimum absolute atomic E-state index is 0.314. The van der Waals surface area contributed by atoms with Crippen molar-refractivity contribution in [1.82, 2.24) is 0 Å². The van der Waals surface area contributed by atoms with Gasteiger partial charge in [0.15, 0.2) is 0 Å². The van der Waals surface area contributed by atoms with E-state index in [0.29, 0.717) is 4.83 Å². The van der Waals surface area contributed by atoms with Crippen LogP contribution in [0.15, 0.2) is 48.5 Å². The molecule has 0 saturated heterocycles. The van der Waals surface area contributed by atoms with Gasteiger partial charge in [-0.1, -0.05) is 57.9 Å². The van der Waals surface area contributed by atoms with Gasteiger partial charge >= 0.3 is 0 Å². The molecule has 0 heterocycles. The second kappa shape index (κ2) is 6.05. The van der Waals surface area contributed by atoms with Gasteiger partial charge in [-0.15, -0.1) is 0 Å². The Kier molecular flexibility index (Phi) is 4.43. The molecule has 0 radical (unpaired) electrons. The van der Waals surface area contributed by atoms with Crippen LogP contribution in [0, 0.1) is 6.92 Å². The molecular weight excluding hydrogens is 288 g/mol. The van der Waals surface area contributed by atoms with Gasteiger partial charge in [-0.2, -0.15) is 0 Å². The number of halogens is 1. The third-order valence-corrected chi connectivity index (χ3v) is 3.81. The van der Waals surface area contributed by atoms with E-state index in [1.54, 1.807) is 7.11 Å². The lowest BCUT2D eigenvalue weighted by Crippen LogP contribution is -1.96. The van der Waals surface area contributed by atoms with Gasteiger partial charge in [0.25, 0.3) is 0 Å². The molecule has 0 fully saturated rings. The summed E-state index contributed by atoms with van der Waals surface area (Å²) in [7, 11) is 1.70. The summed E-state index contributed by atoms with van der Waals surface area (Å²) < 4.78 is 5.25. The SMILES string of the molecule is COc1cccc(C(Br)Cc2cccc(C)c2)c1. The number of aryl methyl sites for hydroxylation is 1. The molecule has 0 amide bonds. The number of methoxy groups -OCH3 is 1. The normalized spacial score (nSPS) is 12.2. The standard InChI is InChI=1S/C16H17BrO/c1-12-5-3-6-13(9-12)10-16(17)14-7-4-8-15(11-14)18-2/h3-9,11,16H,10H2,1-2H3. The molecule has 0 aliphatic rings. The number of hydrogen-bond donors (Lipinski definition) is 0. The van der Waals surface area contributed by atoms with Gasteiger partial charge in [0.2, 0.25) is 0 Å². The molecule has 2 aromatic rings. The maximum atomic E-state index is 5.25. The Balaban J connectivity index is 2.13. The van der Waals surface area contributed by atoms with E-state index < -0.39 is 0 Å². The summed E-state index contributed by atoms with van der Waals surface area (Å²) in [5, 5.41) is 0. The van der Waals surface area contributed by atoms with Crippen LogP contribution in [0.25, 0.3) is 0 Å². The highest BCUT2D eigenvalue weighted by Gasteiger charge is 2.09. The average Bonchev–Trinajstić information content (AvgIpc) is 2.39. The minimum atomic E-state index is 0.314. The van der Waals surface area contributed by atoms with E-state index >= 15 is 0 Å². The van der Waals surface area contributed by atoms with Gasteiger partial charge in [-0.25, -0.2) is 0 Å². The molecule has 1 unspecified atom stereocenters. The summed E-state index contributed by atoms with van der Waals surface area (Å²) in [6.45, 7) is 2.12. The van der Waals surface area contributed by atoms with Gasteiger partial charge in [-0.05, 0) is 36.6 Å². The Bertz CT molecular complexity index is 522. The first-order valence-electron chi connectivity index (χ1n) is 6.02. The smallest absolute Gasteiger partial charge is 0.119 e. The van der Waals surface area contributed by atoms with Crippen LogP contribution in [-0.2, 0) is 6.42 Å². The van der Waals surface area contributed by atoms with Crippen molar-refractivity contribution >= 4 is 15.9 Å². The summed E-state index contributed by atoms with van der Waals surface area (Å²) in [4.78, 5) is 0.314. The molecule has 2 heteroatoms. The third kappa shape index (κ3) is 3.36. The fourth-order valence-corrected chi connectivity index (χ4v) is 2.66. The highest BCUT2D eigenvalue weighted by atomic mass is 79.9. The molecule has 0 bridgehead atoms. The Hall–Kier alpha value is -1.28. The molecule has 0 aliphatic heterocycles. The molecular formula is C16H17BrO. The Morgan fingerprint density at radius 1 is 1.11 bits per heavy atom. The molecule has 1 atom stereocenters. The van der Waals surface area contributed by atoms with Crippen LogP contribution < -0.4 is 4.74 Å². The molecule has 94 valence electrons. The van der Waals surface area contributed by atoms with Gasteiger partial charge in [-0.3, -0.25) is 0 Å². The lowest BCUT2D eigenvalue weighted by atomic mass is 10.0. The maximum Gasteiger partial charge on any atom is 0.119 e. The highest BCUT2D eigenvalue weighted by Crippen LogP contribution is 2.29. The van der Waals surface area contributed by atoms with Crippen LogP contribution >= 0.6 is 15.9 Å². The second-order valence-corrected chi connectivity index (χ2v) is 5.54. The van der Waals surface area contributed by atoms with Crippen LogP contribution in [0.5, 0.6) is 5.75 Å². The first kappa shape index (κ1) is 13.2. The molecule has 0 N–H and O–H groups in total. The fraction of sp³-hybridized carbons (Fsp3) is 0.250. The van der Waals surface area contributed by atoms with Crippen LogP contribution in [0.2, 0.25) is 0 Å². The number of alkyl halides is 1. The van der Waals surface area contributed by atoms with E-state index in [1.807, 2.05) is 12.1 Å². The zero-order chi connectivity index (χ0) is 13.0. The predicted octanol–water partition coefficient (Wildman–Crippen LogP) is 4.68. The van der Waals surface area contributed by atoms with Crippen molar-refractivity contribution in [2.75, 3.05) is 7.11 Å². The van der Waals surface area contributed by atoms with E-state index in [9.17, 15) is 0 Å². The molecule has 18 heavy (non-hydrogen) atoms. The summed E-state index contributed by atoms with van der Waals surface area (Å²) in [6.07, 6.45) is 0.981. The van der Waals surface area contributed by atoms with Crippen molar-refractivity contribution < 1.29 is 4.74 Å². The number of rotatable bonds is 4. The van der Waals surface area contributed by atoms with E-state index in [0.717, 1.165) is 12.2 Å². The van der Waals surface area contributed by atoms with Gasteiger partial charge < -0.3 is 4.74 Å². The molecule has 2 rings (SSSR count). The Labute approximate surface area is 117 Å². The zero-order valence-corrected chi connectivity index (χ0v) is 12.3. The zero-order valence-electron chi connectivity index (χ0n) is 10.7. The van der Waals surface area contributed by atoms with Crippen molar-refractivity contribution in [3.63, 3.8) is 0 Å². The van der Waals surface area contributed by atoms with E-state index in [-0.39, 0.29) is 0 Å². The first-order valence-corrected chi connectivity index (χ1v) is 6.94. The topological polar surface area (TPSA) is 9.23 Å². The Morgan fingerprint density at radius 2 is 1.89 bits per heavy atom. The van der Waals surface area contributed by atoms with E-state index in [4.69, 9.17) is 4.74 Å². The first-order chi connectivity index (χ1) is 8.69. The average molecular weight is 305 g/mol. The lowest BCUT2D eigenvalue weighted by molar-refractivity contribution is 0.414. The third-order valence-electron chi connectivity index (χ3n) is 2.95. The fourth-order valence-electron chi connectivity index (χ4n) is 2.00. The van der Waals surface area contributed by atoms with Crippen molar-refractivity contribution in [2.24, 2.45) is 0 Å². The molecule has 1 nitrogen and oxygen atoms in total. The van der Waals surface area contributed by atoms with Crippen molar-refractivity contribution in [2.45, 2.75) is 18.2 Å². The Morgan fingerprint density at radius 3 is 2.61 bits per heavy atom. The van der Waals surface area contributed by atoms with Crippen LogP contribution in [0.3, 0.4) is 0 Å². The quantitative estimate of drug-likeness (QED) is 0.745. The van der Waals surface area contributed by atoms with Gasteiger partial charge in [0.1, 0.15) is 5.75 Å². The van der Waals surface area contributed by atoms with Crippen molar-refractivity contribution in [3.8, 4) is 5.75 Å². The highest BCUT2D eigenvalue weighted by molar-refractivity contribution is 9.09. The maximum absolute atomic E-state index is 5.25. The van der Waals surface area contributed by atoms with E-state index in [1.165, 1.54) is 16.7 Å². The predicted molar refractivity (Wildman–Crippen MR) is 79.5 cm³/mol. The van der Waals surface area contributed by atoms with Gasteiger partial charge in [0.05, 0.1) is 7.11 Å². The second-order valence-electron chi connectivity index (χ2n) is 4.44. The van der Waals surface area contributed by atoms with Crippen molar-refractivity contribution in [1.29, 1.82) is 0 Å². The minimum Gasteiger partial charge on any atom is -0.497 e. The number of benzene rings is 2. The molecule has 0 saturated carbocycles. The largest absolute Gasteiger partial charge is 0.497 e.